The van der Waals surface area contributed by atoms with Crippen molar-refractivity contribution in [2.45, 2.75) is 10.8 Å². The number of aromatic nitrogens is 1. The molecule has 1 N–H and O–H groups in total. The zero-order valence-electron chi connectivity index (χ0n) is 11.2. The minimum Gasteiger partial charge on any atom is -0.351 e. The molecular weight excluding hydrogens is 320 g/mol. The van der Waals surface area contributed by atoms with Crippen LogP contribution in [-0.4, -0.2) is 23.2 Å². The van der Waals surface area contributed by atoms with Gasteiger partial charge in [-0.1, -0.05) is 30.0 Å². The Bertz CT molecular complexity index is 688. The van der Waals surface area contributed by atoms with Crippen molar-refractivity contribution in [3.05, 3.63) is 46.8 Å². The number of thiazole rings is 1. The van der Waals surface area contributed by atoms with Gasteiger partial charge in [-0.3, -0.25) is 4.79 Å². The molecule has 0 aliphatic carbocycles. The van der Waals surface area contributed by atoms with Crippen LogP contribution in [0.2, 0.25) is 0 Å². The summed E-state index contributed by atoms with van der Waals surface area (Å²) in [6.45, 7) is 0.700. The normalized spacial score (nSPS) is 10.9. The van der Waals surface area contributed by atoms with E-state index in [-0.39, 0.29) is 5.91 Å². The van der Waals surface area contributed by atoms with Gasteiger partial charge in [0.05, 0.1) is 4.88 Å². The summed E-state index contributed by atoms with van der Waals surface area (Å²) in [5, 5.41) is 6.09. The van der Waals surface area contributed by atoms with Crippen LogP contribution >= 0.6 is 34.4 Å². The Hall–Kier alpha value is -1.37. The van der Waals surface area contributed by atoms with E-state index in [1.165, 1.54) is 0 Å². The van der Waals surface area contributed by atoms with E-state index in [1.54, 1.807) is 34.4 Å². The molecule has 0 saturated carbocycles. The molecule has 0 aliphatic heterocycles. The van der Waals surface area contributed by atoms with Crippen molar-refractivity contribution in [3.8, 4) is 0 Å². The zero-order valence-corrected chi connectivity index (χ0v) is 13.7. The van der Waals surface area contributed by atoms with Gasteiger partial charge in [0.1, 0.15) is 4.34 Å². The first-order valence-electron chi connectivity index (χ1n) is 6.62. The number of benzene rings is 1. The second-order valence-electron chi connectivity index (χ2n) is 4.40. The summed E-state index contributed by atoms with van der Waals surface area (Å²) in [5.41, 5.74) is 0. The molecular formula is C15H14N2OS3. The van der Waals surface area contributed by atoms with Crippen molar-refractivity contribution >= 4 is 50.4 Å². The second kappa shape index (κ2) is 7.06. The summed E-state index contributed by atoms with van der Waals surface area (Å²) < 4.78 is 2.24. The molecule has 2 heterocycles. The van der Waals surface area contributed by atoms with Gasteiger partial charge in [0.25, 0.3) is 5.91 Å². The second-order valence-corrected chi connectivity index (χ2v) is 7.72. The van der Waals surface area contributed by atoms with Crippen molar-refractivity contribution in [2.24, 2.45) is 0 Å². The van der Waals surface area contributed by atoms with Crippen molar-refractivity contribution in [3.63, 3.8) is 0 Å². The number of amides is 1. The lowest BCUT2D eigenvalue weighted by Gasteiger charge is -2.02. The SMILES string of the molecule is O=C(NCCCSc1nccs1)c1cc2ccccc2s1. The van der Waals surface area contributed by atoms with E-state index in [0.29, 0.717) is 6.54 Å². The third kappa shape index (κ3) is 3.84. The van der Waals surface area contributed by atoms with Crippen molar-refractivity contribution < 1.29 is 4.79 Å². The van der Waals surface area contributed by atoms with E-state index in [1.807, 2.05) is 41.9 Å². The Morgan fingerprint density at radius 2 is 2.24 bits per heavy atom. The average Bonchev–Trinajstić information content (AvgIpc) is 3.15. The van der Waals surface area contributed by atoms with Crippen molar-refractivity contribution in [1.29, 1.82) is 0 Å². The molecule has 108 valence electrons. The van der Waals surface area contributed by atoms with Crippen LogP contribution < -0.4 is 5.32 Å². The van der Waals surface area contributed by atoms with Gasteiger partial charge >= 0.3 is 0 Å². The maximum atomic E-state index is 12.1. The van der Waals surface area contributed by atoms with E-state index in [2.05, 4.69) is 10.3 Å². The molecule has 0 radical (unpaired) electrons. The fraction of sp³-hybridized carbons (Fsp3) is 0.200. The fourth-order valence-electron chi connectivity index (χ4n) is 1.90. The van der Waals surface area contributed by atoms with E-state index in [4.69, 9.17) is 0 Å². The summed E-state index contributed by atoms with van der Waals surface area (Å²) >= 11 is 4.93. The van der Waals surface area contributed by atoms with Crippen LogP contribution in [0.25, 0.3) is 10.1 Å². The number of thiophene rings is 1. The molecule has 0 unspecified atom stereocenters. The van der Waals surface area contributed by atoms with Crippen molar-refractivity contribution in [1.82, 2.24) is 10.3 Å². The number of hydrogen-bond acceptors (Lipinski definition) is 5. The van der Waals surface area contributed by atoms with Crippen LogP contribution in [0.5, 0.6) is 0 Å². The first-order valence-corrected chi connectivity index (χ1v) is 9.30. The monoisotopic (exact) mass is 334 g/mol. The van der Waals surface area contributed by atoms with Gasteiger partial charge in [-0.2, -0.15) is 0 Å². The molecule has 1 aromatic carbocycles. The number of fused-ring (bicyclic) bond motifs is 1. The van der Waals surface area contributed by atoms with Gasteiger partial charge in [0.15, 0.2) is 0 Å². The molecule has 21 heavy (non-hydrogen) atoms. The minimum atomic E-state index is 0.0236. The molecule has 0 saturated heterocycles. The average molecular weight is 334 g/mol. The molecule has 0 bridgehead atoms. The van der Waals surface area contributed by atoms with Crippen LogP contribution in [0.1, 0.15) is 16.1 Å². The van der Waals surface area contributed by atoms with Crippen LogP contribution in [0.4, 0.5) is 0 Å². The standard InChI is InChI=1S/C15H14N2OS3/c18-14(13-10-11-4-1-2-5-12(11)21-13)16-6-3-8-19-15-17-7-9-20-15/h1-2,4-5,7,9-10H,3,6,8H2,(H,16,18). The number of nitrogens with zero attached hydrogens (tertiary/aromatic N) is 1. The maximum absolute atomic E-state index is 12.1. The van der Waals surface area contributed by atoms with Crippen LogP contribution in [0, 0.1) is 0 Å². The molecule has 0 aliphatic rings. The topological polar surface area (TPSA) is 42.0 Å². The van der Waals surface area contributed by atoms with Crippen molar-refractivity contribution in [2.75, 3.05) is 12.3 Å². The fourth-order valence-corrected chi connectivity index (χ4v) is 4.52. The summed E-state index contributed by atoms with van der Waals surface area (Å²) in [5.74, 6) is 0.996. The Morgan fingerprint density at radius 1 is 1.33 bits per heavy atom. The van der Waals surface area contributed by atoms with Gasteiger partial charge in [-0.05, 0) is 23.9 Å². The highest BCUT2D eigenvalue weighted by atomic mass is 32.2. The molecule has 3 rings (SSSR count). The number of hydrogen-bond donors (Lipinski definition) is 1. The number of rotatable bonds is 6. The summed E-state index contributed by atoms with van der Waals surface area (Å²) in [7, 11) is 0. The van der Waals surface area contributed by atoms with E-state index < -0.39 is 0 Å². The Kier molecular flexibility index (Phi) is 4.90. The van der Waals surface area contributed by atoms with Gasteiger partial charge in [-0.25, -0.2) is 4.98 Å². The number of thioether (sulfide) groups is 1. The van der Waals surface area contributed by atoms with Gasteiger partial charge < -0.3 is 5.32 Å². The van der Waals surface area contributed by atoms with E-state index in [0.717, 1.165) is 31.5 Å². The van der Waals surface area contributed by atoms with E-state index >= 15 is 0 Å². The summed E-state index contributed by atoms with van der Waals surface area (Å²) in [6.07, 6.45) is 2.76. The predicted molar refractivity (Wildman–Crippen MR) is 91.6 cm³/mol. The highest BCUT2D eigenvalue weighted by Crippen LogP contribution is 2.25. The number of nitrogens with one attached hydrogen (secondary N) is 1. The summed E-state index contributed by atoms with van der Waals surface area (Å²) in [6, 6.07) is 10.0. The lowest BCUT2D eigenvalue weighted by molar-refractivity contribution is 0.0958. The third-order valence-electron chi connectivity index (χ3n) is 2.89. The highest BCUT2D eigenvalue weighted by molar-refractivity contribution is 8.00. The molecule has 0 spiro atoms. The molecule has 1 amide bonds. The first-order chi connectivity index (χ1) is 10.3. The van der Waals surface area contributed by atoms with E-state index in [9.17, 15) is 4.79 Å². The van der Waals surface area contributed by atoms with Crippen LogP contribution in [0.3, 0.4) is 0 Å². The lowest BCUT2D eigenvalue weighted by atomic mass is 10.2. The van der Waals surface area contributed by atoms with Crippen LogP contribution in [-0.2, 0) is 0 Å². The Balaban J connectivity index is 1.45. The van der Waals surface area contributed by atoms with Crippen LogP contribution in [0.15, 0.2) is 46.2 Å². The molecule has 6 heteroatoms. The third-order valence-corrected chi connectivity index (χ3v) is 6.06. The highest BCUT2D eigenvalue weighted by Gasteiger charge is 2.09. The van der Waals surface area contributed by atoms with Gasteiger partial charge in [0.2, 0.25) is 0 Å². The summed E-state index contributed by atoms with van der Waals surface area (Å²) in [4.78, 5) is 17.1. The number of carbonyl (C=O) groups is 1. The lowest BCUT2D eigenvalue weighted by Crippen LogP contribution is -2.23. The molecule has 2 aromatic heterocycles. The molecule has 0 fully saturated rings. The quantitative estimate of drug-likeness (QED) is 0.541. The Labute approximate surface area is 135 Å². The zero-order chi connectivity index (χ0) is 14.5. The molecule has 3 nitrogen and oxygen atoms in total. The van der Waals surface area contributed by atoms with Gasteiger partial charge in [0, 0.05) is 28.6 Å². The smallest absolute Gasteiger partial charge is 0.261 e. The largest absolute Gasteiger partial charge is 0.351 e. The number of carbonyl (C=O) groups excluding carboxylic acids is 1. The maximum Gasteiger partial charge on any atom is 0.261 e. The first kappa shape index (κ1) is 14.6. The molecule has 0 atom stereocenters. The Morgan fingerprint density at radius 3 is 3.05 bits per heavy atom. The molecule has 3 aromatic rings. The van der Waals surface area contributed by atoms with Gasteiger partial charge in [-0.15, -0.1) is 22.7 Å². The predicted octanol–water partition coefficient (Wildman–Crippen LogP) is 4.27. The minimum absolute atomic E-state index is 0.0236.